The SMILES string of the molecule is Nc1cc(Cl)nc(N2CCCN(CCO)CC2)c1. The highest BCUT2D eigenvalue weighted by Crippen LogP contribution is 2.20. The predicted octanol–water partition coefficient (Wildman–Crippen LogP) is 0.822. The van der Waals surface area contributed by atoms with Gasteiger partial charge < -0.3 is 15.7 Å². The van der Waals surface area contributed by atoms with Gasteiger partial charge in [-0.1, -0.05) is 11.6 Å². The van der Waals surface area contributed by atoms with Crippen LogP contribution in [0.3, 0.4) is 0 Å². The van der Waals surface area contributed by atoms with E-state index in [-0.39, 0.29) is 6.61 Å². The first-order valence-electron chi connectivity index (χ1n) is 6.20. The molecular formula is C12H19ClN4O. The zero-order valence-corrected chi connectivity index (χ0v) is 11.1. The molecule has 0 unspecified atom stereocenters. The highest BCUT2D eigenvalue weighted by atomic mass is 35.5. The van der Waals surface area contributed by atoms with Gasteiger partial charge in [0.2, 0.25) is 0 Å². The predicted molar refractivity (Wildman–Crippen MR) is 74.0 cm³/mol. The topological polar surface area (TPSA) is 65.6 Å². The van der Waals surface area contributed by atoms with Crippen LogP contribution >= 0.6 is 11.6 Å². The zero-order chi connectivity index (χ0) is 13.0. The third-order valence-electron chi connectivity index (χ3n) is 3.13. The van der Waals surface area contributed by atoms with Crippen LogP contribution in [0, 0.1) is 0 Å². The van der Waals surface area contributed by atoms with Gasteiger partial charge in [-0.15, -0.1) is 0 Å². The smallest absolute Gasteiger partial charge is 0.133 e. The van der Waals surface area contributed by atoms with E-state index in [1.54, 1.807) is 6.07 Å². The molecule has 1 fully saturated rings. The number of aliphatic hydroxyl groups is 1. The van der Waals surface area contributed by atoms with E-state index in [9.17, 15) is 0 Å². The maximum Gasteiger partial charge on any atom is 0.133 e. The number of halogens is 1. The van der Waals surface area contributed by atoms with E-state index in [2.05, 4.69) is 14.8 Å². The summed E-state index contributed by atoms with van der Waals surface area (Å²) in [5.74, 6) is 0.839. The lowest BCUT2D eigenvalue weighted by atomic mass is 10.3. The van der Waals surface area contributed by atoms with Crippen LogP contribution in [0.4, 0.5) is 11.5 Å². The van der Waals surface area contributed by atoms with Crippen molar-refractivity contribution < 1.29 is 5.11 Å². The van der Waals surface area contributed by atoms with Crippen molar-refractivity contribution in [2.24, 2.45) is 0 Å². The van der Waals surface area contributed by atoms with Crippen LogP contribution in [-0.2, 0) is 0 Å². The van der Waals surface area contributed by atoms with E-state index in [0.717, 1.165) is 45.0 Å². The third-order valence-corrected chi connectivity index (χ3v) is 3.33. The van der Waals surface area contributed by atoms with Gasteiger partial charge in [-0.05, 0) is 19.0 Å². The summed E-state index contributed by atoms with van der Waals surface area (Å²) in [6.45, 7) is 4.70. The van der Waals surface area contributed by atoms with Gasteiger partial charge in [0.1, 0.15) is 11.0 Å². The first-order chi connectivity index (χ1) is 8.69. The zero-order valence-electron chi connectivity index (χ0n) is 10.3. The standard InChI is InChI=1S/C12H19ClN4O/c13-11-8-10(14)9-12(15-11)17-3-1-2-16(4-5-17)6-7-18/h8-9,18H,1-7H2,(H2,14,15). The van der Waals surface area contributed by atoms with Crippen LogP contribution < -0.4 is 10.6 Å². The summed E-state index contributed by atoms with van der Waals surface area (Å²) >= 11 is 5.93. The van der Waals surface area contributed by atoms with E-state index < -0.39 is 0 Å². The minimum absolute atomic E-state index is 0.211. The lowest BCUT2D eigenvalue weighted by Crippen LogP contribution is -2.32. The molecule has 1 saturated heterocycles. The molecule has 0 saturated carbocycles. The van der Waals surface area contributed by atoms with E-state index in [0.29, 0.717) is 10.8 Å². The molecule has 1 aliphatic heterocycles. The van der Waals surface area contributed by atoms with Gasteiger partial charge in [-0.3, -0.25) is 4.90 Å². The number of nitrogens with two attached hydrogens (primary N) is 1. The van der Waals surface area contributed by atoms with Gasteiger partial charge in [-0.2, -0.15) is 0 Å². The van der Waals surface area contributed by atoms with E-state index in [4.69, 9.17) is 22.4 Å². The fraction of sp³-hybridized carbons (Fsp3) is 0.583. The molecule has 0 amide bonds. The molecule has 1 aromatic rings. The fourth-order valence-electron chi connectivity index (χ4n) is 2.23. The summed E-state index contributed by atoms with van der Waals surface area (Å²) in [6.07, 6.45) is 1.05. The van der Waals surface area contributed by atoms with Crippen LogP contribution in [0.5, 0.6) is 0 Å². The summed E-state index contributed by atoms with van der Waals surface area (Å²) < 4.78 is 0. The van der Waals surface area contributed by atoms with Gasteiger partial charge >= 0.3 is 0 Å². The number of hydrogen-bond acceptors (Lipinski definition) is 5. The molecule has 100 valence electrons. The Labute approximate surface area is 112 Å². The van der Waals surface area contributed by atoms with E-state index in [1.807, 2.05) is 6.07 Å². The number of hydrogen-bond donors (Lipinski definition) is 2. The number of nitrogen functional groups attached to an aromatic ring is 1. The van der Waals surface area contributed by atoms with Crippen molar-refractivity contribution in [3.05, 3.63) is 17.3 Å². The summed E-state index contributed by atoms with van der Waals surface area (Å²) in [5, 5.41) is 9.40. The molecule has 2 rings (SSSR count). The number of aliphatic hydroxyl groups excluding tert-OH is 1. The van der Waals surface area contributed by atoms with Crippen molar-refractivity contribution in [3.8, 4) is 0 Å². The number of rotatable bonds is 3. The molecule has 0 bridgehead atoms. The van der Waals surface area contributed by atoms with Crippen LogP contribution in [0.2, 0.25) is 5.15 Å². The number of nitrogens with zero attached hydrogens (tertiary/aromatic N) is 3. The lowest BCUT2D eigenvalue weighted by molar-refractivity contribution is 0.204. The molecule has 6 heteroatoms. The molecule has 0 aliphatic carbocycles. The molecule has 2 heterocycles. The highest BCUT2D eigenvalue weighted by Gasteiger charge is 2.16. The first-order valence-corrected chi connectivity index (χ1v) is 6.58. The van der Waals surface area contributed by atoms with Crippen molar-refractivity contribution in [2.75, 3.05) is 50.0 Å². The Morgan fingerprint density at radius 1 is 1.28 bits per heavy atom. The summed E-state index contributed by atoms with van der Waals surface area (Å²) in [5.41, 5.74) is 6.43. The summed E-state index contributed by atoms with van der Waals surface area (Å²) in [7, 11) is 0. The Kier molecular flexibility index (Phi) is 4.63. The second-order valence-electron chi connectivity index (χ2n) is 4.49. The average molecular weight is 271 g/mol. The molecule has 0 aromatic carbocycles. The van der Waals surface area contributed by atoms with Gasteiger partial charge in [0, 0.05) is 37.9 Å². The maximum absolute atomic E-state index is 8.96. The normalized spacial score (nSPS) is 17.8. The molecule has 1 aliphatic rings. The Morgan fingerprint density at radius 3 is 2.83 bits per heavy atom. The molecule has 3 N–H and O–H groups in total. The molecule has 0 spiro atoms. The van der Waals surface area contributed by atoms with Crippen molar-refractivity contribution in [3.63, 3.8) is 0 Å². The van der Waals surface area contributed by atoms with Crippen LogP contribution in [0.1, 0.15) is 6.42 Å². The van der Waals surface area contributed by atoms with Crippen molar-refractivity contribution >= 4 is 23.1 Å². The monoisotopic (exact) mass is 270 g/mol. The van der Waals surface area contributed by atoms with Crippen molar-refractivity contribution in [1.29, 1.82) is 0 Å². The van der Waals surface area contributed by atoms with Gasteiger partial charge in [0.15, 0.2) is 0 Å². The Bertz CT molecular complexity index is 381. The third kappa shape index (κ3) is 3.48. The molecule has 0 radical (unpaired) electrons. The van der Waals surface area contributed by atoms with Gasteiger partial charge in [0.05, 0.1) is 6.61 Å². The Hall–Kier alpha value is -1.04. The second-order valence-corrected chi connectivity index (χ2v) is 4.87. The number of aromatic nitrogens is 1. The maximum atomic E-state index is 8.96. The second kappa shape index (κ2) is 6.22. The van der Waals surface area contributed by atoms with Crippen molar-refractivity contribution in [2.45, 2.75) is 6.42 Å². The average Bonchev–Trinajstić information content (AvgIpc) is 2.54. The largest absolute Gasteiger partial charge is 0.399 e. The summed E-state index contributed by atoms with van der Waals surface area (Å²) in [4.78, 5) is 8.77. The molecule has 18 heavy (non-hydrogen) atoms. The fourth-order valence-corrected chi connectivity index (χ4v) is 2.44. The van der Waals surface area contributed by atoms with Crippen LogP contribution in [0.25, 0.3) is 0 Å². The molecule has 5 nitrogen and oxygen atoms in total. The molecule has 1 aromatic heterocycles. The Morgan fingerprint density at radius 2 is 2.11 bits per heavy atom. The van der Waals surface area contributed by atoms with Crippen LogP contribution in [-0.4, -0.2) is 54.3 Å². The number of β-amino-alcohol motifs (C(OH)–C–C–N with tert-alkyl or cyclic N) is 1. The lowest BCUT2D eigenvalue weighted by Gasteiger charge is -2.22. The van der Waals surface area contributed by atoms with Crippen LogP contribution in [0.15, 0.2) is 12.1 Å². The van der Waals surface area contributed by atoms with Gasteiger partial charge in [-0.25, -0.2) is 4.98 Å². The molecule has 0 atom stereocenters. The highest BCUT2D eigenvalue weighted by molar-refractivity contribution is 6.29. The van der Waals surface area contributed by atoms with E-state index >= 15 is 0 Å². The van der Waals surface area contributed by atoms with Crippen molar-refractivity contribution in [1.82, 2.24) is 9.88 Å². The molecular weight excluding hydrogens is 252 g/mol. The first kappa shape index (κ1) is 13.4. The minimum atomic E-state index is 0.211. The quantitative estimate of drug-likeness (QED) is 0.796. The Balaban J connectivity index is 2.05. The van der Waals surface area contributed by atoms with Gasteiger partial charge in [0.25, 0.3) is 0 Å². The number of pyridine rings is 1. The number of anilines is 2. The minimum Gasteiger partial charge on any atom is -0.399 e. The summed E-state index contributed by atoms with van der Waals surface area (Å²) in [6, 6.07) is 3.51. The van der Waals surface area contributed by atoms with E-state index in [1.165, 1.54) is 0 Å².